The monoisotopic (exact) mass is 550 g/mol. The second kappa shape index (κ2) is 9.47. The smallest absolute Gasteiger partial charge is 0.339 e. The number of alkyl halides is 3. The fraction of sp³-hybridized carbons (Fsp3) is 0.724. The number of hydrogen-bond donors (Lipinski definition) is 0. The van der Waals surface area contributed by atoms with E-state index in [1.54, 1.807) is 12.1 Å². The molecule has 1 aliphatic carbocycles. The summed E-state index contributed by atoms with van der Waals surface area (Å²) >= 11 is 0. The molecule has 4 saturated heterocycles. The summed E-state index contributed by atoms with van der Waals surface area (Å²) < 4.78 is 39.6. The second-order valence-electron chi connectivity index (χ2n) is 13.1. The first-order valence-electron chi connectivity index (χ1n) is 14.3. The molecule has 2 amide bonds. The van der Waals surface area contributed by atoms with Crippen LogP contribution in [0.5, 0.6) is 0 Å². The molecule has 5 fully saturated rings. The number of piperidine rings is 1. The van der Waals surface area contributed by atoms with Crippen molar-refractivity contribution in [1.29, 1.82) is 0 Å². The molecule has 5 atom stereocenters. The van der Waals surface area contributed by atoms with Gasteiger partial charge in [0.05, 0.1) is 30.6 Å². The summed E-state index contributed by atoms with van der Waals surface area (Å²) in [6.07, 6.45) is 2.47. The topological polar surface area (TPSA) is 43.9 Å². The minimum Gasteiger partial charge on any atom is -0.339 e. The van der Waals surface area contributed by atoms with Crippen molar-refractivity contribution < 1.29 is 22.8 Å². The Balaban J connectivity index is 1.25. The molecule has 3 unspecified atom stereocenters. The van der Waals surface area contributed by atoms with Gasteiger partial charge in [0.1, 0.15) is 5.78 Å². The predicted octanol–water partition coefficient (Wildman–Crippen LogP) is 5.15. The van der Waals surface area contributed by atoms with Crippen LogP contribution < -0.4 is 0 Å². The highest BCUT2D eigenvalue weighted by Crippen LogP contribution is 2.73. The summed E-state index contributed by atoms with van der Waals surface area (Å²) in [5.74, 6) is 2.15. The Morgan fingerprint density at radius 3 is 2.37 bits per heavy atom. The molecule has 208 valence electrons. The van der Waals surface area contributed by atoms with Gasteiger partial charge in [-0.15, -0.1) is 0 Å². The molecular formula is C29H40F3N3O2P+. The number of rotatable bonds is 6. The molecule has 5 nitrogen and oxygen atoms in total. The van der Waals surface area contributed by atoms with E-state index in [9.17, 15) is 22.8 Å². The number of benzene rings is 1. The molecule has 0 bridgehead atoms. The van der Waals surface area contributed by atoms with Crippen LogP contribution in [0.2, 0.25) is 0 Å². The lowest BCUT2D eigenvalue weighted by molar-refractivity contribution is -0.141. The van der Waals surface area contributed by atoms with Gasteiger partial charge in [0, 0.05) is 57.2 Å². The molecular weight excluding hydrogens is 510 g/mol. The second-order valence-corrected chi connectivity index (χ2v) is 17.3. The molecule has 4 aliphatic heterocycles. The molecule has 0 spiro atoms. The van der Waals surface area contributed by atoms with Crippen LogP contribution in [0.1, 0.15) is 57.1 Å². The maximum absolute atomic E-state index is 13.2. The standard InChI is InChI=1S/C29H40F3N3O2P/c1-18(2)25-17-38(3)16-23(12-21-8-11-26(36)35(25)28(21)38)34(24-14-33(15-24)27(37)20-6-7-20)13-19-4-9-22(10-5-19)29(30,31)32/h4-5,9-10,18,20-21,23-25,28H,6-8,11-17H2,1-3H3/q+1/t21-,23?,25?,28+,38?/m1/s1. The van der Waals surface area contributed by atoms with Crippen LogP contribution in [0.3, 0.4) is 0 Å². The van der Waals surface area contributed by atoms with Gasteiger partial charge in [0.15, 0.2) is 0 Å². The van der Waals surface area contributed by atoms with Gasteiger partial charge in [0.2, 0.25) is 11.8 Å². The first-order chi connectivity index (χ1) is 17.9. The molecule has 1 aromatic rings. The van der Waals surface area contributed by atoms with Crippen molar-refractivity contribution in [1.82, 2.24) is 14.7 Å². The summed E-state index contributed by atoms with van der Waals surface area (Å²) in [5.41, 5.74) is 0.275. The number of hydrogen-bond acceptors (Lipinski definition) is 3. The Bertz CT molecular complexity index is 1090. The van der Waals surface area contributed by atoms with Gasteiger partial charge in [-0.05, 0) is 49.3 Å². The first kappa shape index (κ1) is 26.6. The van der Waals surface area contributed by atoms with Crippen LogP contribution in [0.25, 0.3) is 0 Å². The molecule has 0 aromatic heterocycles. The van der Waals surface area contributed by atoms with Crippen LogP contribution in [0, 0.1) is 17.8 Å². The molecule has 9 heteroatoms. The zero-order valence-electron chi connectivity index (χ0n) is 22.7. The minimum atomic E-state index is -4.34. The van der Waals surface area contributed by atoms with Gasteiger partial charge in [-0.3, -0.25) is 14.5 Å². The van der Waals surface area contributed by atoms with E-state index in [2.05, 4.69) is 30.3 Å². The lowest BCUT2D eigenvalue weighted by Crippen LogP contribution is -2.65. The van der Waals surface area contributed by atoms with Crippen LogP contribution in [-0.4, -0.2) is 82.5 Å². The van der Waals surface area contributed by atoms with Crippen molar-refractivity contribution in [2.45, 2.75) is 82.6 Å². The average molecular weight is 551 g/mol. The Morgan fingerprint density at radius 1 is 1.08 bits per heavy atom. The predicted molar refractivity (Wildman–Crippen MR) is 143 cm³/mol. The third-order valence-electron chi connectivity index (χ3n) is 9.98. The van der Waals surface area contributed by atoms with Crippen LogP contribution >= 0.6 is 7.26 Å². The van der Waals surface area contributed by atoms with E-state index in [0.29, 0.717) is 48.6 Å². The normalized spacial score (nSPS) is 33.6. The van der Waals surface area contributed by atoms with Crippen LogP contribution in [0.15, 0.2) is 24.3 Å². The number of amides is 2. The Kier molecular flexibility index (Phi) is 6.62. The summed E-state index contributed by atoms with van der Waals surface area (Å²) in [4.78, 5) is 32.5. The SMILES string of the molecule is CC(C)C1C[P+]2(C)CC(N(Cc3ccc(C(F)(F)F)cc3)C3CN(C(=O)C4CC4)C3)C[C@H]3CCC(=O)N1[C@H]32. The van der Waals surface area contributed by atoms with Crippen LogP contribution in [0.4, 0.5) is 13.2 Å². The Morgan fingerprint density at radius 2 is 1.76 bits per heavy atom. The molecule has 6 rings (SSSR count). The van der Waals surface area contributed by atoms with E-state index in [0.717, 1.165) is 56.7 Å². The summed E-state index contributed by atoms with van der Waals surface area (Å²) in [7, 11) is -1.43. The lowest BCUT2D eigenvalue weighted by Gasteiger charge is -2.53. The van der Waals surface area contributed by atoms with Crippen molar-refractivity contribution >= 4 is 19.1 Å². The molecule has 1 aromatic carbocycles. The quantitative estimate of drug-likeness (QED) is 0.461. The zero-order valence-corrected chi connectivity index (χ0v) is 23.6. The molecule has 1 saturated carbocycles. The minimum absolute atomic E-state index is 0.205. The van der Waals surface area contributed by atoms with Crippen molar-refractivity contribution in [3.63, 3.8) is 0 Å². The number of carbonyl (C=O) groups excluding carboxylic acids is 2. The van der Waals surface area contributed by atoms with E-state index in [1.807, 2.05) is 4.90 Å². The van der Waals surface area contributed by atoms with Crippen molar-refractivity contribution in [3.8, 4) is 0 Å². The summed E-state index contributed by atoms with van der Waals surface area (Å²) in [6.45, 7) is 8.99. The fourth-order valence-electron chi connectivity index (χ4n) is 7.88. The van der Waals surface area contributed by atoms with Gasteiger partial charge in [-0.25, -0.2) is 0 Å². The van der Waals surface area contributed by atoms with Crippen molar-refractivity contribution in [3.05, 3.63) is 35.4 Å². The molecule has 5 aliphatic rings. The third kappa shape index (κ3) is 4.68. The molecule has 0 radical (unpaired) electrons. The summed E-state index contributed by atoms with van der Waals surface area (Å²) in [5, 5.41) is 0. The fourth-order valence-corrected chi connectivity index (χ4v) is 13.4. The average Bonchev–Trinajstić information content (AvgIpc) is 3.62. The van der Waals surface area contributed by atoms with Gasteiger partial charge in [-0.2, -0.15) is 13.2 Å². The first-order valence-corrected chi connectivity index (χ1v) is 17.0. The van der Waals surface area contributed by atoms with Gasteiger partial charge < -0.3 is 9.80 Å². The van der Waals surface area contributed by atoms with E-state index < -0.39 is 19.0 Å². The molecule has 0 N–H and O–H groups in total. The van der Waals surface area contributed by atoms with E-state index in [-0.39, 0.29) is 17.9 Å². The maximum Gasteiger partial charge on any atom is 0.416 e. The molecule has 38 heavy (non-hydrogen) atoms. The third-order valence-corrected chi connectivity index (χ3v) is 14.4. The maximum atomic E-state index is 13.2. The molecule has 4 heterocycles. The Labute approximate surface area is 224 Å². The van der Waals surface area contributed by atoms with Crippen LogP contribution in [-0.2, 0) is 22.3 Å². The Hall–Kier alpha value is -1.66. The number of likely N-dealkylation sites (tertiary alicyclic amines) is 1. The van der Waals surface area contributed by atoms with Gasteiger partial charge >= 0.3 is 6.18 Å². The number of nitrogens with zero attached hydrogens (tertiary/aromatic N) is 3. The van der Waals surface area contributed by atoms with Gasteiger partial charge in [0.25, 0.3) is 0 Å². The van der Waals surface area contributed by atoms with Crippen molar-refractivity contribution in [2.75, 3.05) is 32.1 Å². The largest absolute Gasteiger partial charge is 0.416 e. The lowest BCUT2D eigenvalue weighted by atomic mass is 9.87. The summed E-state index contributed by atoms with van der Waals surface area (Å²) in [6, 6.07) is 6.52. The van der Waals surface area contributed by atoms with E-state index in [4.69, 9.17) is 0 Å². The number of carbonyl (C=O) groups is 2. The number of halogens is 3. The van der Waals surface area contributed by atoms with E-state index in [1.165, 1.54) is 12.1 Å². The van der Waals surface area contributed by atoms with E-state index >= 15 is 0 Å². The highest BCUT2D eigenvalue weighted by atomic mass is 31.2. The zero-order chi connectivity index (χ0) is 27.0. The highest BCUT2D eigenvalue weighted by molar-refractivity contribution is 7.76. The van der Waals surface area contributed by atoms with Crippen molar-refractivity contribution in [2.24, 2.45) is 17.8 Å². The highest BCUT2D eigenvalue weighted by Gasteiger charge is 2.65. The van der Waals surface area contributed by atoms with Gasteiger partial charge in [-0.1, -0.05) is 26.0 Å².